The maximum atomic E-state index is 12.6. The highest BCUT2D eigenvalue weighted by atomic mass is 19.1. The second-order valence-corrected chi connectivity index (χ2v) is 3.19. The quantitative estimate of drug-likeness (QED) is 0.665. The number of nitrogens with zero attached hydrogens (tertiary/aromatic N) is 1. The van der Waals surface area contributed by atoms with Crippen LogP contribution >= 0.6 is 0 Å². The first-order valence-corrected chi connectivity index (χ1v) is 4.44. The van der Waals surface area contributed by atoms with Gasteiger partial charge in [0.2, 0.25) is 0 Å². The van der Waals surface area contributed by atoms with Crippen LogP contribution in [0.5, 0.6) is 0 Å². The van der Waals surface area contributed by atoms with Gasteiger partial charge in [-0.3, -0.25) is 4.98 Å². The van der Waals surface area contributed by atoms with Crippen molar-refractivity contribution in [2.24, 2.45) is 0 Å². The first-order chi connectivity index (χ1) is 6.75. The minimum Gasteiger partial charge on any atom is -0.256 e. The Morgan fingerprint density at radius 2 is 2.21 bits per heavy atom. The Labute approximate surface area is 81.9 Å². The van der Waals surface area contributed by atoms with Gasteiger partial charge in [0.05, 0.1) is 11.3 Å². The van der Waals surface area contributed by atoms with Crippen LogP contribution in [0.3, 0.4) is 0 Å². The molecule has 70 valence electrons. The van der Waals surface area contributed by atoms with Gasteiger partial charge >= 0.3 is 0 Å². The lowest BCUT2D eigenvalue weighted by Crippen LogP contribution is -1.78. The van der Waals surface area contributed by atoms with Crippen molar-refractivity contribution in [3.8, 4) is 0 Å². The van der Waals surface area contributed by atoms with Gasteiger partial charge in [-0.1, -0.05) is 12.1 Å². The third-order valence-corrected chi connectivity index (χ3v) is 1.99. The number of rotatable bonds is 1. The van der Waals surface area contributed by atoms with Gasteiger partial charge in [-0.05, 0) is 36.8 Å². The molecule has 0 atom stereocenters. The van der Waals surface area contributed by atoms with Crippen LogP contribution in [0.2, 0.25) is 0 Å². The fraction of sp³-hybridized carbons (Fsp3) is 0.0833. The van der Waals surface area contributed by atoms with E-state index in [-0.39, 0.29) is 5.83 Å². The highest BCUT2D eigenvalue weighted by Crippen LogP contribution is 2.15. The van der Waals surface area contributed by atoms with Gasteiger partial charge in [0.15, 0.2) is 0 Å². The van der Waals surface area contributed by atoms with E-state index < -0.39 is 0 Å². The number of hydrogen-bond donors (Lipinski definition) is 0. The number of halogens is 1. The molecule has 0 spiro atoms. The fourth-order valence-electron chi connectivity index (χ4n) is 1.41. The van der Waals surface area contributed by atoms with Crippen molar-refractivity contribution in [2.75, 3.05) is 0 Å². The number of allylic oxidation sites excluding steroid dienone is 1. The summed E-state index contributed by atoms with van der Waals surface area (Å²) in [5.41, 5.74) is 1.80. The molecule has 1 aromatic carbocycles. The van der Waals surface area contributed by atoms with Crippen molar-refractivity contribution in [3.05, 3.63) is 47.9 Å². The minimum absolute atomic E-state index is 0.187. The van der Waals surface area contributed by atoms with Crippen LogP contribution in [-0.2, 0) is 0 Å². The van der Waals surface area contributed by atoms with E-state index in [1.807, 2.05) is 30.3 Å². The zero-order valence-electron chi connectivity index (χ0n) is 7.87. The largest absolute Gasteiger partial charge is 0.256 e. The molecule has 0 N–H and O–H groups in total. The predicted molar refractivity (Wildman–Crippen MR) is 56.5 cm³/mol. The Hall–Kier alpha value is -1.70. The summed E-state index contributed by atoms with van der Waals surface area (Å²) in [5, 5.41) is 1.03. The van der Waals surface area contributed by atoms with Crippen LogP contribution in [0.15, 0.2) is 42.4 Å². The molecule has 0 fully saturated rings. The van der Waals surface area contributed by atoms with Crippen molar-refractivity contribution in [1.29, 1.82) is 0 Å². The van der Waals surface area contributed by atoms with Gasteiger partial charge in [0, 0.05) is 11.6 Å². The lowest BCUT2D eigenvalue weighted by Gasteiger charge is -1.98. The molecule has 0 radical (unpaired) electrons. The molecule has 2 rings (SSSR count). The molecule has 1 nitrogen and oxygen atoms in total. The molecule has 0 amide bonds. The zero-order chi connectivity index (χ0) is 9.97. The summed E-state index contributed by atoms with van der Waals surface area (Å²) in [7, 11) is 0. The molecule has 2 heteroatoms. The number of hydrogen-bond acceptors (Lipinski definition) is 1. The molecule has 0 aliphatic rings. The smallest absolute Gasteiger partial charge is 0.0974 e. The molecule has 14 heavy (non-hydrogen) atoms. The van der Waals surface area contributed by atoms with Gasteiger partial charge in [-0.2, -0.15) is 0 Å². The lowest BCUT2D eigenvalue weighted by molar-refractivity contribution is 0.648. The molecule has 0 unspecified atom stereocenters. The van der Waals surface area contributed by atoms with Crippen LogP contribution in [-0.4, -0.2) is 4.98 Å². The van der Waals surface area contributed by atoms with E-state index in [0.29, 0.717) is 0 Å². The molecule has 1 heterocycles. The maximum absolute atomic E-state index is 12.6. The first-order valence-electron chi connectivity index (χ1n) is 4.44. The summed E-state index contributed by atoms with van der Waals surface area (Å²) in [6, 6.07) is 9.51. The van der Waals surface area contributed by atoms with E-state index in [0.717, 1.165) is 16.5 Å². The van der Waals surface area contributed by atoms with Crippen LogP contribution in [0.1, 0.15) is 12.5 Å². The SMILES string of the molecule is C/C(F)=C\c1ccc2ncccc2c1. The van der Waals surface area contributed by atoms with Crippen molar-refractivity contribution in [1.82, 2.24) is 4.98 Å². The second-order valence-electron chi connectivity index (χ2n) is 3.19. The normalized spacial score (nSPS) is 12.0. The van der Waals surface area contributed by atoms with Crippen LogP contribution in [0, 0.1) is 0 Å². The summed E-state index contributed by atoms with van der Waals surface area (Å²) in [4.78, 5) is 4.19. The summed E-state index contributed by atoms with van der Waals surface area (Å²) in [5.74, 6) is -0.187. The van der Waals surface area contributed by atoms with E-state index in [1.165, 1.54) is 13.0 Å². The molecular weight excluding hydrogens is 177 g/mol. The molecule has 0 aliphatic heterocycles. The summed E-state index contributed by atoms with van der Waals surface area (Å²) in [6.45, 7) is 1.44. The average Bonchev–Trinajstić information content (AvgIpc) is 2.17. The minimum atomic E-state index is -0.187. The average molecular weight is 187 g/mol. The van der Waals surface area contributed by atoms with E-state index in [2.05, 4.69) is 4.98 Å². The fourth-order valence-corrected chi connectivity index (χ4v) is 1.41. The van der Waals surface area contributed by atoms with Gasteiger partial charge in [-0.25, -0.2) is 4.39 Å². The third kappa shape index (κ3) is 1.79. The van der Waals surface area contributed by atoms with Gasteiger partial charge in [0.1, 0.15) is 0 Å². The van der Waals surface area contributed by atoms with E-state index >= 15 is 0 Å². The molecule has 0 saturated heterocycles. The van der Waals surface area contributed by atoms with Crippen LogP contribution in [0.4, 0.5) is 4.39 Å². The van der Waals surface area contributed by atoms with Crippen LogP contribution < -0.4 is 0 Å². The molecule has 1 aromatic heterocycles. The number of aromatic nitrogens is 1. The highest BCUT2D eigenvalue weighted by Gasteiger charge is 1.94. The summed E-state index contributed by atoms with van der Waals surface area (Å²) < 4.78 is 12.6. The summed E-state index contributed by atoms with van der Waals surface area (Å²) in [6.07, 6.45) is 3.25. The number of fused-ring (bicyclic) bond motifs is 1. The van der Waals surface area contributed by atoms with Crippen molar-refractivity contribution in [3.63, 3.8) is 0 Å². The van der Waals surface area contributed by atoms with Crippen LogP contribution in [0.25, 0.3) is 17.0 Å². The highest BCUT2D eigenvalue weighted by molar-refractivity contribution is 5.81. The van der Waals surface area contributed by atoms with Gasteiger partial charge in [-0.15, -0.1) is 0 Å². The second kappa shape index (κ2) is 3.58. The Bertz CT molecular complexity index is 484. The third-order valence-electron chi connectivity index (χ3n) is 1.99. The molecule has 0 saturated carbocycles. The standard InChI is InChI=1S/C12H10FN/c1-9(13)7-10-4-5-12-11(8-10)3-2-6-14-12/h2-8H,1H3/b9-7+. The Morgan fingerprint density at radius 3 is 3.00 bits per heavy atom. The maximum Gasteiger partial charge on any atom is 0.0974 e. The summed E-state index contributed by atoms with van der Waals surface area (Å²) >= 11 is 0. The Kier molecular flexibility index (Phi) is 2.27. The molecule has 2 aromatic rings. The molecular formula is C12H10FN. The van der Waals surface area contributed by atoms with Crippen molar-refractivity contribution < 1.29 is 4.39 Å². The van der Waals surface area contributed by atoms with E-state index in [1.54, 1.807) is 6.20 Å². The van der Waals surface area contributed by atoms with Crippen molar-refractivity contribution >= 4 is 17.0 Å². The van der Waals surface area contributed by atoms with Gasteiger partial charge in [0.25, 0.3) is 0 Å². The molecule has 0 bridgehead atoms. The lowest BCUT2D eigenvalue weighted by atomic mass is 10.1. The van der Waals surface area contributed by atoms with Crippen molar-refractivity contribution in [2.45, 2.75) is 6.92 Å². The van der Waals surface area contributed by atoms with Gasteiger partial charge < -0.3 is 0 Å². The van der Waals surface area contributed by atoms with E-state index in [4.69, 9.17) is 0 Å². The topological polar surface area (TPSA) is 12.9 Å². The Balaban J connectivity index is 2.57. The Morgan fingerprint density at radius 1 is 1.36 bits per heavy atom. The number of benzene rings is 1. The number of pyridine rings is 1. The monoisotopic (exact) mass is 187 g/mol. The zero-order valence-corrected chi connectivity index (χ0v) is 7.87. The molecule has 0 aliphatic carbocycles. The first kappa shape index (κ1) is 8.88. The van der Waals surface area contributed by atoms with E-state index in [9.17, 15) is 4.39 Å². The predicted octanol–water partition coefficient (Wildman–Crippen LogP) is 3.57.